The first-order valence-electron chi connectivity index (χ1n) is 7.92. The standard InChI is InChI=1S/C16H22N2O3/c17-16-5-6-20-9-12(16)7-18(10-16)15(19)14-13-4-2-1-3-11(13)8-21-14/h8,12H,1-7,9-10,17H2/t12-,16+/m0/s1. The maximum absolute atomic E-state index is 12.8. The van der Waals surface area contributed by atoms with Gasteiger partial charge in [0.05, 0.1) is 12.9 Å². The van der Waals surface area contributed by atoms with Crippen molar-refractivity contribution in [3.63, 3.8) is 0 Å². The van der Waals surface area contributed by atoms with Crippen molar-refractivity contribution in [1.29, 1.82) is 0 Å². The average Bonchev–Trinajstić information content (AvgIpc) is 3.06. The number of hydrogen-bond donors (Lipinski definition) is 1. The fourth-order valence-electron chi connectivity index (χ4n) is 3.98. The van der Waals surface area contributed by atoms with Gasteiger partial charge in [0.2, 0.25) is 0 Å². The fourth-order valence-corrected chi connectivity index (χ4v) is 3.98. The molecule has 3 aliphatic rings. The number of nitrogens with zero attached hydrogens (tertiary/aromatic N) is 1. The van der Waals surface area contributed by atoms with E-state index in [4.69, 9.17) is 14.9 Å². The summed E-state index contributed by atoms with van der Waals surface area (Å²) in [7, 11) is 0. The van der Waals surface area contributed by atoms with E-state index < -0.39 is 0 Å². The number of ether oxygens (including phenoxy) is 1. The van der Waals surface area contributed by atoms with E-state index in [0.717, 1.165) is 31.2 Å². The normalized spacial score (nSPS) is 31.9. The number of aryl methyl sites for hydroxylation is 1. The minimum absolute atomic E-state index is 0.0115. The van der Waals surface area contributed by atoms with Gasteiger partial charge in [-0.25, -0.2) is 0 Å². The number of hydrogen-bond acceptors (Lipinski definition) is 4. The molecule has 5 heteroatoms. The molecule has 21 heavy (non-hydrogen) atoms. The van der Waals surface area contributed by atoms with Crippen molar-refractivity contribution in [3.8, 4) is 0 Å². The molecule has 114 valence electrons. The van der Waals surface area contributed by atoms with Gasteiger partial charge >= 0.3 is 0 Å². The molecular formula is C16H22N2O3. The van der Waals surface area contributed by atoms with E-state index >= 15 is 0 Å². The summed E-state index contributed by atoms with van der Waals surface area (Å²) in [6, 6.07) is 0. The van der Waals surface area contributed by atoms with Crippen LogP contribution >= 0.6 is 0 Å². The molecule has 0 spiro atoms. The van der Waals surface area contributed by atoms with Gasteiger partial charge in [-0.1, -0.05) is 0 Å². The minimum atomic E-state index is -0.277. The van der Waals surface area contributed by atoms with E-state index in [1.165, 1.54) is 12.0 Å². The summed E-state index contributed by atoms with van der Waals surface area (Å²) in [6.07, 6.45) is 6.92. The molecule has 1 aliphatic carbocycles. The zero-order chi connectivity index (χ0) is 14.4. The van der Waals surface area contributed by atoms with Crippen LogP contribution in [0, 0.1) is 5.92 Å². The lowest BCUT2D eigenvalue weighted by atomic mass is 9.84. The number of furan rings is 1. The summed E-state index contributed by atoms with van der Waals surface area (Å²) >= 11 is 0. The third kappa shape index (κ3) is 2.10. The fraction of sp³-hybridized carbons (Fsp3) is 0.688. The first-order chi connectivity index (χ1) is 10.2. The Morgan fingerprint density at radius 3 is 3.10 bits per heavy atom. The molecular weight excluding hydrogens is 268 g/mol. The topological polar surface area (TPSA) is 68.7 Å². The van der Waals surface area contributed by atoms with E-state index in [1.807, 2.05) is 4.90 Å². The number of rotatable bonds is 1. The molecule has 2 N–H and O–H groups in total. The van der Waals surface area contributed by atoms with Crippen LogP contribution in [0.15, 0.2) is 10.7 Å². The van der Waals surface area contributed by atoms with E-state index in [2.05, 4.69) is 0 Å². The summed E-state index contributed by atoms with van der Waals surface area (Å²) in [5.41, 5.74) is 8.55. The number of fused-ring (bicyclic) bond motifs is 2. The van der Waals surface area contributed by atoms with E-state index in [9.17, 15) is 4.79 Å². The van der Waals surface area contributed by atoms with Gasteiger partial charge in [0, 0.05) is 36.7 Å². The van der Waals surface area contributed by atoms with Gasteiger partial charge in [0.25, 0.3) is 5.91 Å². The van der Waals surface area contributed by atoms with Crippen molar-refractivity contribution < 1.29 is 13.9 Å². The SMILES string of the molecule is N[C@@]12CCOC[C@@H]1CN(C(=O)c1occ3c1CCCC3)C2. The van der Waals surface area contributed by atoms with Crippen molar-refractivity contribution in [2.75, 3.05) is 26.3 Å². The highest BCUT2D eigenvalue weighted by Crippen LogP contribution is 2.34. The molecule has 3 heterocycles. The second kappa shape index (κ2) is 4.85. The van der Waals surface area contributed by atoms with Gasteiger partial charge in [-0.2, -0.15) is 0 Å². The number of carbonyl (C=O) groups excluding carboxylic acids is 1. The highest BCUT2D eigenvalue weighted by Gasteiger charge is 2.47. The second-order valence-electron chi connectivity index (χ2n) is 6.72. The first-order valence-corrected chi connectivity index (χ1v) is 7.92. The average molecular weight is 290 g/mol. The Hall–Kier alpha value is -1.33. The van der Waals surface area contributed by atoms with Crippen molar-refractivity contribution in [2.24, 2.45) is 11.7 Å². The molecule has 0 aromatic carbocycles. The molecule has 2 atom stereocenters. The lowest BCUT2D eigenvalue weighted by molar-refractivity contribution is 0.0241. The highest BCUT2D eigenvalue weighted by atomic mass is 16.5. The van der Waals surface area contributed by atoms with Crippen LogP contribution < -0.4 is 5.73 Å². The predicted octanol–water partition coefficient (Wildman–Crippen LogP) is 1.35. The molecule has 1 aromatic heterocycles. The Kier molecular flexibility index (Phi) is 3.08. The van der Waals surface area contributed by atoms with Crippen molar-refractivity contribution >= 4 is 5.91 Å². The monoisotopic (exact) mass is 290 g/mol. The Bertz CT molecular complexity index is 568. The van der Waals surface area contributed by atoms with Crippen LogP contribution in [0.1, 0.15) is 40.9 Å². The van der Waals surface area contributed by atoms with Crippen LogP contribution in [0.2, 0.25) is 0 Å². The maximum atomic E-state index is 12.8. The van der Waals surface area contributed by atoms with Gasteiger partial charge in [0.1, 0.15) is 0 Å². The zero-order valence-electron chi connectivity index (χ0n) is 12.3. The Balaban J connectivity index is 1.57. The van der Waals surface area contributed by atoms with E-state index in [-0.39, 0.29) is 17.4 Å². The quantitative estimate of drug-likeness (QED) is 0.847. The maximum Gasteiger partial charge on any atom is 0.289 e. The Morgan fingerprint density at radius 2 is 2.24 bits per heavy atom. The molecule has 0 saturated carbocycles. The second-order valence-corrected chi connectivity index (χ2v) is 6.72. The molecule has 1 amide bonds. The van der Waals surface area contributed by atoms with Gasteiger partial charge in [-0.15, -0.1) is 0 Å². The molecule has 4 rings (SSSR count). The van der Waals surface area contributed by atoms with E-state index in [0.29, 0.717) is 32.1 Å². The Morgan fingerprint density at radius 1 is 1.38 bits per heavy atom. The van der Waals surface area contributed by atoms with Gasteiger partial charge in [0.15, 0.2) is 5.76 Å². The lowest BCUT2D eigenvalue weighted by Gasteiger charge is -2.34. The van der Waals surface area contributed by atoms with Crippen LogP contribution in [0.5, 0.6) is 0 Å². The number of amides is 1. The summed E-state index contributed by atoms with van der Waals surface area (Å²) in [5, 5.41) is 0. The molecule has 0 unspecified atom stereocenters. The first kappa shape index (κ1) is 13.3. The number of likely N-dealkylation sites (tertiary alicyclic amines) is 1. The lowest BCUT2D eigenvalue weighted by Crippen LogP contribution is -2.52. The Labute approximate surface area is 124 Å². The molecule has 2 saturated heterocycles. The molecule has 2 fully saturated rings. The van der Waals surface area contributed by atoms with Gasteiger partial charge in [-0.3, -0.25) is 4.79 Å². The van der Waals surface area contributed by atoms with Crippen LogP contribution in [-0.4, -0.2) is 42.6 Å². The number of nitrogens with two attached hydrogens (primary N) is 1. The van der Waals surface area contributed by atoms with E-state index in [1.54, 1.807) is 6.26 Å². The van der Waals surface area contributed by atoms with Crippen molar-refractivity contribution in [1.82, 2.24) is 4.90 Å². The van der Waals surface area contributed by atoms with Crippen LogP contribution in [0.4, 0.5) is 0 Å². The smallest absolute Gasteiger partial charge is 0.289 e. The summed E-state index contributed by atoms with van der Waals surface area (Å²) in [5.74, 6) is 0.811. The highest BCUT2D eigenvalue weighted by molar-refractivity contribution is 5.93. The summed E-state index contributed by atoms with van der Waals surface area (Å²) < 4.78 is 11.1. The van der Waals surface area contributed by atoms with Crippen LogP contribution in [-0.2, 0) is 17.6 Å². The van der Waals surface area contributed by atoms with Crippen LogP contribution in [0.3, 0.4) is 0 Å². The largest absolute Gasteiger partial charge is 0.459 e. The molecule has 0 bridgehead atoms. The predicted molar refractivity (Wildman–Crippen MR) is 77.1 cm³/mol. The summed E-state index contributed by atoms with van der Waals surface area (Å²) in [6.45, 7) is 2.67. The molecule has 1 aromatic rings. The van der Waals surface area contributed by atoms with Crippen molar-refractivity contribution in [3.05, 3.63) is 23.2 Å². The van der Waals surface area contributed by atoms with Gasteiger partial charge < -0.3 is 19.8 Å². The minimum Gasteiger partial charge on any atom is -0.459 e. The molecule has 5 nitrogen and oxygen atoms in total. The zero-order valence-corrected chi connectivity index (χ0v) is 12.3. The molecule has 2 aliphatic heterocycles. The van der Waals surface area contributed by atoms with Crippen molar-refractivity contribution in [2.45, 2.75) is 37.6 Å². The van der Waals surface area contributed by atoms with Gasteiger partial charge in [-0.05, 0) is 37.7 Å². The third-order valence-electron chi connectivity index (χ3n) is 5.36. The number of carbonyl (C=O) groups is 1. The molecule has 0 radical (unpaired) electrons. The third-order valence-corrected chi connectivity index (χ3v) is 5.36. The van der Waals surface area contributed by atoms with Crippen LogP contribution in [0.25, 0.3) is 0 Å². The summed E-state index contributed by atoms with van der Waals surface area (Å²) in [4.78, 5) is 14.7.